The summed E-state index contributed by atoms with van der Waals surface area (Å²) >= 11 is 0. The fourth-order valence-corrected chi connectivity index (χ4v) is 3.13. The Morgan fingerprint density at radius 1 is 1.09 bits per heavy atom. The highest BCUT2D eigenvalue weighted by Crippen LogP contribution is 2.21. The number of amides is 1. The molecule has 7 nitrogen and oxygen atoms in total. The standard InChI is InChI=1S/C25H34N4O3/c1-4-12-31-23-13-18(2)8-9-20(23)16-28-25(26-3)27-15-19-6-5-7-22(14-19)32-17-24(30)29-21-10-11-21/h5-9,13-14,21H,4,10-12,15-17H2,1-3H3,(H,29,30)(H2,26,27,28). The first kappa shape index (κ1) is 23.4. The van der Waals surface area contributed by atoms with Gasteiger partial charge in [0.2, 0.25) is 0 Å². The average Bonchev–Trinajstić information content (AvgIpc) is 3.61. The predicted octanol–water partition coefficient (Wildman–Crippen LogP) is 3.31. The molecule has 1 aliphatic carbocycles. The Balaban J connectivity index is 1.48. The van der Waals surface area contributed by atoms with Gasteiger partial charge in [-0.2, -0.15) is 0 Å². The minimum absolute atomic E-state index is 0.0373. The molecule has 0 bridgehead atoms. The maximum Gasteiger partial charge on any atom is 0.258 e. The molecule has 1 amide bonds. The van der Waals surface area contributed by atoms with Gasteiger partial charge in [-0.05, 0) is 55.5 Å². The van der Waals surface area contributed by atoms with Gasteiger partial charge in [0, 0.05) is 31.7 Å². The molecule has 2 aromatic rings. The summed E-state index contributed by atoms with van der Waals surface area (Å²) in [6.45, 7) is 6.09. The predicted molar refractivity (Wildman–Crippen MR) is 127 cm³/mol. The summed E-state index contributed by atoms with van der Waals surface area (Å²) in [4.78, 5) is 16.1. The second-order valence-electron chi connectivity index (χ2n) is 8.02. The largest absolute Gasteiger partial charge is 0.493 e. The quantitative estimate of drug-likeness (QED) is 0.370. The topological polar surface area (TPSA) is 84.0 Å². The van der Waals surface area contributed by atoms with Crippen LogP contribution in [0.3, 0.4) is 0 Å². The van der Waals surface area contributed by atoms with Crippen molar-refractivity contribution in [1.82, 2.24) is 16.0 Å². The Morgan fingerprint density at radius 3 is 2.66 bits per heavy atom. The lowest BCUT2D eigenvalue weighted by Gasteiger charge is -2.15. The molecule has 0 radical (unpaired) electrons. The fraction of sp³-hybridized carbons (Fsp3) is 0.440. The lowest BCUT2D eigenvalue weighted by atomic mass is 10.1. The third kappa shape index (κ3) is 7.80. The van der Waals surface area contributed by atoms with Gasteiger partial charge in [-0.25, -0.2) is 0 Å². The first-order valence-corrected chi connectivity index (χ1v) is 11.2. The van der Waals surface area contributed by atoms with Crippen molar-refractivity contribution in [2.75, 3.05) is 20.3 Å². The number of benzene rings is 2. The van der Waals surface area contributed by atoms with Crippen LogP contribution >= 0.6 is 0 Å². The number of nitrogens with zero attached hydrogens (tertiary/aromatic N) is 1. The van der Waals surface area contributed by atoms with Crippen LogP contribution in [0.15, 0.2) is 47.5 Å². The number of rotatable bonds is 11. The molecule has 1 fully saturated rings. The van der Waals surface area contributed by atoms with Crippen molar-refractivity contribution in [3.8, 4) is 11.5 Å². The van der Waals surface area contributed by atoms with E-state index in [1.807, 2.05) is 24.3 Å². The molecular weight excluding hydrogens is 404 g/mol. The van der Waals surface area contributed by atoms with Crippen molar-refractivity contribution in [3.63, 3.8) is 0 Å². The Kier molecular flexibility index (Phi) is 8.78. The molecule has 1 saturated carbocycles. The van der Waals surface area contributed by atoms with E-state index in [0.29, 0.717) is 37.4 Å². The van der Waals surface area contributed by atoms with E-state index in [0.717, 1.165) is 36.1 Å². The minimum atomic E-state index is -0.0704. The molecule has 3 rings (SSSR count). The van der Waals surface area contributed by atoms with Crippen molar-refractivity contribution < 1.29 is 14.3 Å². The van der Waals surface area contributed by atoms with Crippen LogP contribution in [0.4, 0.5) is 0 Å². The van der Waals surface area contributed by atoms with E-state index < -0.39 is 0 Å². The van der Waals surface area contributed by atoms with Crippen LogP contribution in [-0.2, 0) is 17.9 Å². The van der Waals surface area contributed by atoms with Crippen LogP contribution in [-0.4, -0.2) is 38.2 Å². The number of aryl methyl sites for hydroxylation is 1. The summed E-state index contributed by atoms with van der Waals surface area (Å²) in [6.07, 6.45) is 3.11. The molecule has 0 heterocycles. The molecule has 7 heteroatoms. The Labute approximate surface area is 190 Å². The normalized spacial score (nSPS) is 13.4. The monoisotopic (exact) mass is 438 g/mol. The van der Waals surface area contributed by atoms with Crippen LogP contribution < -0.4 is 25.4 Å². The molecule has 0 atom stereocenters. The number of hydrogen-bond donors (Lipinski definition) is 3. The van der Waals surface area contributed by atoms with E-state index in [1.165, 1.54) is 5.56 Å². The van der Waals surface area contributed by atoms with Gasteiger partial charge in [-0.3, -0.25) is 9.79 Å². The molecule has 0 saturated heterocycles. The molecule has 2 aromatic carbocycles. The lowest BCUT2D eigenvalue weighted by Crippen LogP contribution is -2.36. The molecule has 32 heavy (non-hydrogen) atoms. The second kappa shape index (κ2) is 12.0. The van der Waals surface area contributed by atoms with Gasteiger partial charge in [0.05, 0.1) is 6.61 Å². The number of carbonyl (C=O) groups excluding carboxylic acids is 1. The molecule has 172 valence electrons. The van der Waals surface area contributed by atoms with E-state index >= 15 is 0 Å². The zero-order valence-electron chi connectivity index (χ0n) is 19.2. The van der Waals surface area contributed by atoms with Gasteiger partial charge in [0.25, 0.3) is 5.91 Å². The van der Waals surface area contributed by atoms with Crippen molar-refractivity contribution in [2.24, 2.45) is 4.99 Å². The van der Waals surface area contributed by atoms with E-state index in [2.05, 4.69) is 53.0 Å². The Bertz CT molecular complexity index is 925. The SMILES string of the molecule is CCCOc1cc(C)ccc1CNC(=NC)NCc1cccc(OCC(=O)NC2CC2)c1. The van der Waals surface area contributed by atoms with Crippen LogP contribution in [0, 0.1) is 6.92 Å². The van der Waals surface area contributed by atoms with Crippen LogP contribution in [0.25, 0.3) is 0 Å². The minimum Gasteiger partial charge on any atom is -0.493 e. The summed E-state index contributed by atoms with van der Waals surface area (Å²) in [7, 11) is 1.75. The number of nitrogens with one attached hydrogen (secondary N) is 3. The van der Waals surface area contributed by atoms with E-state index in [9.17, 15) is 4.79 Å². The highest BCUT2D eigenvalue weighted by Gasteiger charge is 2.23. The molecule has 0 aliphatic heterocycles. The van der Waals surface area contributed by atoms with Crippen LogP contribution in [0.2, 0.25) is 0 Å². The van der Waals surface area contributed by atoms with Crippen LogP contribution in [0.5, 0.6) is 11.5 Å². The smallest absolute Gasteiger partial charge is 0.258 e. The zero-order valence-corrected chi connectivity index (χ0v) is 19.2. The molecule has 0 unspecified atom stereocenters. The fourth-order valence-electron chi connectivity index (χ4n) is 3.13. The summed E-state index contributed by atoms with van der Waals surface area (Å²) in [6, 6.07) is 14.3. The number of hydrogen-bond acceptors (Lipinski definition) is 4. The third-order valence-corrected chi connectivity index (χ3v) is 5.03. The zero-order chi connectivity index (χ0) is 22.8. The van der Waals surface area contributed by atoms with Gasteiger partial charge in [0.1, 0.15) is 11.5 Å². The molecule has 0 spiro atoms. The summed E-state index contributed by atoms with van der Waals surface area (Å²) < 4.78 is 11.5. The Hall–Kier alpha value is -3.22. The van der Waals surface area contributed by atoms with E-state index in [4.69, 9.17) is 9.47 Å². The van der Waals surface area contributed by atoms with E-state index in [1.54, 1.807) is 7.05 Å². The molecule has 1 aliphatic rings. The number of carbonyl (C=O) groups is 1. The van der Waals surface area contributed by atoms with Crippen molar-refractivity contribution in [3.05, 3.63) is 59.2 Å². The third-order valence-electron chi connectivity index (χ3n) is 5.03. The maximum atomic E-state index is 11.8. The summed E-state index contributed by atoms with van der Waals surface area (Å²) in [5, 5.41) is 9.59. The van der Waals surface area contributed by atoms with Gasteiger partial charge in [-0.1, -0.05) is 31.2 Å². The van der Waals surface area contributed by atoms with Crippen molar-refractivity contribution in [2.45, 2.75) is 52.2 Å². The van der Waals surface area contributed by atoms with Gasteiger partial charge in [-0.15, -0.1) is 0 Å². The number of guanidine groups is 1. The van der Waals surface area contributed by atoms with Gasteiger partial charge < -0.3 is 25.4 Å². The highest BCUT2D eigenvalue weighted by atomic mass is 16.5. The first-order chi connectivity index (χ1) is 15.6. The summed E-state index contributed by atoms with van der Waals surface area (Å²) in [5.41, 5.74) is 3.30. The highest BCUT2D eigenvalue weighted by molar-refractivity contribution is 5.79. The molecule has 3 N–H and O–H groups in total. The number of ether oxygens (including phenoxy) is 2. The average molecular weight is 439 g/mol. The first-order valence-electron chi connectivity index (χ1n) is 11.2. The Morgan fingerprint density at radius 2 is 1.91 bits per heavy atom. The molecule has 0 aromatic heterocycles. The number of aliphatic imine (C=N–C) groups is 1. The van der Waals surface area contributed by atoms with Gasteiger partial charge >= 0.3 is 0 Å². The summed E-state index contributed by atoms with van der Waals surface area (Å²) in [5.74, 6) is 2.21. The second-order valence-corrected chi connectivity index (χ2v) is 8.02. The van der Waals surface area contributed by atoms with E-state index in [-0.39, 0.29) is 12.5 Å². The molecular formula is C25H34N4O3. The lowest BCUT2D eigenvalue weighted by molar-refractivity contribution is -0.123. The maximum absolute atomic E-state index is 11.8. The van der Waals surface area contributed by atoms with Crippen molar-refractivity contribution >= 4 is 11.9 Å². The van der Waals surface area contributed by atoms with Gasteiger partial charge in [0.15, 0.2) is 12.6 Å². The van der Waals surface area contributed by atoms with Crippen molar-refractivity contribution in [1.29, 1.82) is 0 Å². The van der Waals surface area contributed by atoms with Crippen LogP contribution in [0.1, 0.15) is 42.9 Å².